The van der Waals surface area contributed by atoms with E-state index in [9.17, 15) is 0 Å². The van der Waals surface area contributed by atoms with E-state index in [0.29, 0.717) is 5.92 Å². The summed E-state index contributed by atoms with van der Waals surface area (Å²) >= 11 is 0. The highest BCUT2D eigenvalue weighted by molar-refractivity contribution is 4.97. The molecule has 1 unspecified atom stereocenters. The minimum absolute atomic E-state index is 0.345. The second kappa shape index (κ2) is 5.80. The number of nitrogens with zero attached hydrogens (tertiary/aromatic N) is 3. The van der Waals surface area contributed by atoms with Gasteiger partial charge in [0.2, 0.25) is 5.89 Å². The molecule has 2 saturated heterocycles. The Morgan fingerprint density at radius 3 is 2.89 bits per heavy atom. The van der Waals surface area contributed by atoms with E-state index in [-0.39, 0.29) is 0 Å². The molecule has 0 spiro atoms. The van der Waals surface area contributed by atoms with Crippen LogP contribution in [-0.2, 0) is 11.2 Å². The van der Waals surface area contributed by atoms with Crippen molar-refractivity contribution in [2.45, 2.75) is 38.0 Å². The van der Waals surface area contributed by atoms with E-state index in [0.717, 1.165) is 44.3 Å². The maximum Gasteiger partial charge on any atom is 0.227 e. The molecule has 0 radical (unpaired) electrons. The molecule has 3 rings (SSSR count). The van der Waals surface area contributed by atoms with Crippen molar-refractivity contribution in [3.63, 3.8) is 0 Å². The van der Waals surface area contributed by atoms with Crippen molar-refractivity contribution in [2.75, 3.05) is 32.8 Å². The zero-order valence-electron chi connectivity index (χ0n) is 10.8. The van der Waals surface area contributed by atoms with E-state index in [4.69, 9.17) is 9.26 Å². The van der Waals surface area contributed by atoms with E-state index in [1.807, 2.05) is 0 Å². The first-order valence-corrected chi connectivity index (χ1v) is 7.04. The van der Waals surface area contributed by atoms with Crippen LogP contribution < -0.4 is 0 Å². The van der Waals surface area contributed by atoms with Crippen molar-refractivity contribution in [3.8, 4) is 0 Å². The van der Waals surface area contributed by atoms with Crippen LogP contribution in [0.5, 0.6) is 0 Å². The fourth-order valence-electron chi connectivity index (χ4n) is 2.71. The van der Waals surface area contributed by atoms with Gasteiger partial charge in [-0.25, -0.2) is 0 Å². The van der Waals surface area contributed by atoms with Gasteiger partial charge in [-0.15, -0.1) is 0 Å². The Bertz CT molecular complexity index is 368. The highest BCUT2D eigenvalue weighted by Gasteiger charge is 2.23. The molecular weight excluding hydrogens is 230 g/mol. The van der Waals surface area contributed by atoms with Gasteiger partial charge in [0.15, 0.2) is 5.82 Å². The van der Waals surface area contributed by atoms with Crippen LogP contribution in [-0.4, -0.2) is 47.9 Å². The number of aromatic nitrogens is 2. The Morgan fingerprint density at radius 2 is 2.11 bits per heavy atom. The fraction of sp³-hybridized carbons (Fsp3) is 0.846. The molecule has 2 fully saturated rings. The van der Waals surface area contributed by atoms with Crippen LogP contribution in [0.25, 0.3) is 0 Å². The molecule has 0 N–H and O–H groups in total. The summed E-state index contributed by atoms with van der Waals surface area (Å²) in [6.45, 7) is 5.05. The first-order valence-electron chi connectivity index (χ1n) is 7.04. The maximum absolute atomic E-state index is 5.35. The van der Waals surface area contributed by atoms with Crippen LogP contribution in [0.15, 0.2) is 4.52 Å². The van der Waals surface area contributed by atoms with E-state index >= 15 is 0 Å². The summed E-state index contributed by atoms with van der Waals surface area (Å²) in [6.07, 6.45) is 5.93. The largest absolute Gasteiger partial charge is 0.381 e. The standard InChI is InChI=1S/C13H21N3O2/c1-2-6-16(7-3-1)8-4-12-14-13(15-18-12)11-5-9-17-10-11/h11H,1-10H2. The summed E-state index contributed by atoms with van der Waals surface area (Å²) in [5, 5.41) is 4.08. The van der Waals surface area contributed by atoms with Crippen LogP contribution in [0.1, 0.15) is 43.3 Å². The van der Waals surface area contributed by atoms with Crippen LogP contribution in [0.3, 0.4) is 0 Å². The number of rotatable bonds is 4. The van der Waals surface area contributed by atoms with Gasteiger partial charge in [-0.1, -0.05) is 11.6 Å². The van der Waals surface area contributed by atoms with Crippen molar-refractivity contribution in [3.05, 3.63) is 11.7 Å². The third kappa shape index (κ3) is 2.90. The summed E-state index contributed by atoms with van der Waals surface area (Å²) < 4.78 is 10.7. The van der Waals surface area contributed by atoms with Crippen molar-refractivity contribution in [1.29, 1.82) is 0 Å². The van der Waals surface area contributed by atoms with Gasteiger partial charge in [0.1, 0.15) is 0 Å². The minimum Gasteiger partial charge on any atom is -0.381 e. The first kappa shape index (κ1) is 12.1. The van der Waals surface area contributed by atoms with Crippen LogP contribution in [0, 0.1) is 0 Å². The summed E-state index contributed by atoms with van der Waals surface area (Å²) in [5.41, 5.74) is 0. The molecule has 1 aromatic rings. The molecule has 18 heavy (non-hydrogen) atoms. The Morgan fingerprint density at radius 1 is 1.22 bits per heavy atom. The molecule has 0 aromatic carbocycles. The molecule has 3 heterocycles. The van der Waals surface area contributed by atoms with Crippen molar-refractivity contribution in [1.82, 2.24) is 15.0 Å². The lowest BCUT2D eigenvalue weighted by Crippen LogP contribution is -2.31. The smallest absolute Gasteiger partial charge is 0.227 e. The van der Waals surface area contributed by atoms with Crippen LogP contribution in [0.2, 0.25) is 0 Å². The monoisotopic (exact) mass is 251 g/mol. The van der Waals surface area contributed by atoms with Gasteiger partial charge in [0.25, 0.3) is 0 Å². The molecule has 2 aliphatic rings. The van der Waals surface area contributed by atoms with E-state index in [1.54, 1.807) is 0 Å². The summed E-state index contributed by atoms with van der Waals surface area (Å²) in [4.78, 5) is 6.98. The summed E-state index contributed by atoms with van der Waals surface area (Å²) in [6, 6.07) is 0. The quantitative estimate of drug-likeness (QED) is 0.813. The molecular formula is C13H21N3O2. The van der Waals surface area contributed by atoms with Crippen molar-refractivity contribution < 1.29 is 9.26 Å². The second-order valence-electron chi connectivity index (χ2n) is 5.26. The third-order valence-electron chi connectivity index (χ3n) is 3.87. The average molecular weight is 251 g/mol. The Hall–Kier alpha value is -0.940. The van der Waals surface area contributed by atoms with Gasteiger partial charge < -0.3 is 14.2 Å². The average Bonchev–Trinajstić information content (AvgIpc) is 3.08. The molecule has 2 aliphatic heterocycles. The van der Waals surface area contributed by atoms with E-state index in [1.165, 1.54) is 32.4 Å². The summed E-state index contributed by atoms with van der Waals surface area (Å²) in [5.74, 6) is 1.96. The third-order valence-corrected chi connectivity index (χ3v) is 3.87. The SMILES string of the molecule is C1CCN(CCc2nc(C3CCOC3)no2)CC1. The zero-order valence-corrected chi connectivity index (χ0v) is 10.8. The lowest BCUT2D eigenvalue weighted by atomic mass is 10.1. The molecule has 1 aromatic heterocycles. The molecule has 0 amide bonds. The second-order valence-corrected chi connectivity index (χ2v) is 5.26. The predicted octanol–water partition coefficient (Wildman–Crippen LogP) is 1.60. The molecule has 0 saturated carbocycles. The van der Waals surface area contributed by atoms with Gasteiger partial charge >= 0.3 is 0 Å². The van der Waals surface area contributed by atoms with Crippen molar-refractivity contribution >= 4 is 0 Å². The molecule has 0 bridgehead atoms. The Kier molecular flexibility index (Phi) is 3.90. The molecule has 5 heteroatoms. The van der Waals surface area contributed by atoms with E-state index in [2.05, 4.69) is 15.0 Å². The first-order chi connectivity index (χ1) is 8.92. The topological polar surface area (TPSA) is 51.4 Å². The van der Waals surface area contributed by atoms with Crippen LogP contribution in [0.4, 0.5) is 0 Å². The van der Waals surface area contributed by atoms with Gasteiger partial charge in [0, 0.05) is 25.5 Å². The lowest BCUT2D eigenvalue weighted by Gasteiger charge is -2.25. The Balaban J connectivity index is 1.50. The normalized spacial score (nSPS) is 25.7. The van der Waals surface area contributed by atoms with Gasteiger partial charge in [0.05, 0.1) is 6.61 Å². The maximum atomic E-state index is 5.35. The van der Waals surface area contributed by atoms with Crippen molar-refractivity contribution in [2.24, 2.45) is 0 Å². The molecule has 100 valence electrons. The molecule has 1 atom stereocenters. The number of ether oxygens (including phenoxy) is 1. The lowest BCUT2D eigenvalue weighted by molar-refractivity contribution is 0.192. The number of hydrogen-bond donors (Lipinski definition) is 0. The Labute approximate surface area is 107 Å². The highest BCUT2D eigenvalue weighted by atomic mass is 16.5. The van der Waals surface area contributed by atoms with Gasteiger partial charge in [-0.2, -0.15) is 4.98 Å². The van der Waals surface area contributed by atoms with Gasteiger partial charge in [-0.3, -0.25) is 0 Å². The van der Waals surface area contributed by atoms with Gasteiger partial charge in [-0.05, 0) is 32.4 Å². The highest BCUT2D eigenvalue weighted by Crippen LogP contribution is 2.22. The molecule has 5 nitrogen and oxygen atoms in total. The number of likely N-dealkylation sites (tertiary alicyclic amines) is 1. The summed E-state index contributed by atoms with van der Waals surface area (Å²) in [7, 11) is 0. The zero-order chi connectivity index (χ0) is 12.2. The fourth-order valence-corrected chi connectivity index (χ4v) is 2.71. The van der Waals surface area contributed by atoms with Crippen LogP contribution >= 0.6 is 0 Å². The minimum atomic E-state index is 0.345. The molecule has 0 aliphatic carbocycles. The predicted molar refractivity (Wildman–Crippen MR) is 66.5 cm³/mol. The number of hydrogen-bond acceptors (Lipinski definition) is 5. The number of piperidine rings is 1. The van der Waals surface area contributed by atoms with E-state index < -0.39 is 0 Å².